The summed E-state index contributed by atoms with van der Waals surface area (Å²) >= 11 is 0. The summed E-state index contributed by atoms with van der Waals surface area (Å²) in [5.41, 5.74) is 0. The summed E-state index contributed by atoms with van der Waals surface area (Å²) in [6, 6.07) is 0. The third-order valence-electron chi connectivity index (χ3n) is 4.09. The third kappa shape index (κ3) is 2.57. The van der Waals surface area contributed by atoms with Crippen LogP contribution >= 0.6 is 0 Å². The first kappa shape index (κ1) is 12.1. The number of nitrogens with one attached hydrogen (secondary N) is 1. The Balaban J connectivity index is 1.68. The maximum absolute atomic E-state index is 5.47. The van der Waals surface area contributed by atoms with E-state index in [0.717, 1.165) is 31.3 Å². The van der Waals surface area contributed by atoms with Crippen LogP contribution in [-0.2, 0) is 0 Å². The van der Waals surface area contributed by atoms with Gasteiger partial charge in [-0.2, -0.15) is 4.98 Å². The number of piperidine rings is 2. The van der Waals surface area contributed by atoms with Crippen LogP contribution in [0.5, 0.6) is 0 Å². The van der Waals surface area contributed by atoms with E-state index in [2.05, 4.69) is 27.4 Å². The highest BCUT2D eigenvalue weighted by atomic mass is 16.5. The molecule has 3 heterocycles. The van der Waals surface area contributed by atoms with Crippen molar-refractivity contribution < 1.29 is 4.52 Å². The molecule has 18 heavy (non-hydrogen) atoms. The smallest absolute Gasteiger partial charge is 0.231 e. The summed E-state index contributed by atoms with van der Waals surface area (Å²) in [5, 5.41) is 7.60. The van der Waals surface area contributed by atoms with Crippen molar-refractivity contribution in [1.82, 2.24) is 20.4 Å². The number of likely N-dealkylation sites (tertiary alicyclic amines) is 1. The molecular weight excluding hydrogens is 228 g/mol. The van der Waals surface area contributed by atoms with Crippen LogP contribution in [0.1, 0.15) is 49.2 Å². The van der Waals surface area contributed by atoms with E-state index in [0.29, 0.717) is 11.8 Å². The molecule has 5 heteroatoms. The van der Waals surface area contributed by atoms with Gasteiger partial charge in [0, 0.05) is 19.0 Å². The second kappa shape index (κ2) is 5.36. The SMILES string of the molecule is CN1CCCC(c2noc(C3CCCNC3)n2)C1. The summed E-state index contributed by atoms with van der Waals surface area (Å²) in [4.78, 5) is 7.00. The maximum Gasteiger partial charge on any atom is 0.231 e. The van der Waals surface area contributed by atoms with Gasteiger partial charge in [0.15, 0.2) is 5.82 Å². The molecule has 0 saturated carbocycles. The van der Waals surface area contributed by atoms with Crippen LogP contribution < -0.4 is 5.32 Å². The molecule has 1 N–H and O–H groups in total. The molecule has 1 aromatic rings. The van der Waals surface area contributed by atoms with Crippen LogP contribution in [0.3, 0.4) is 0 Å². The average Bonchev–Trinajstić information content (AvgIpc) is 2.89. The second-order valence-corrected chi connectivity index (χ2v) is 5.64. The first-order chi connectivity index (χ1) is 8.83. The summed E-state index contributed by atoms with van der Waals surface area (Å²) in [5.74, 6) is 2.63. The number of rotatable bonds is 2. The number of hydrogen-bond donors (Lipinski definition) is 1. The Bertz CT molecular complexity index is 386. The summed E-state index contributed by atoms with van der Waals surface area (Å²) in [6.07, 6.45) is 4.79. The van der Waals surface area contributed by atoms with Crippen molar-refractivity contribution >= 4 is 0 Å². The molecule has 0 amide bonds. The van der Waals surface area contributed by atoms with Crippen molar-refractivity contribution in [2.45, 2.75) is 37.5 Å². The van der Waals surface area contributed by atoms with Crippen molar-refractivity contribution in [3.63, 3.8) is 0 Å². The Kier molecular flexibility index (Phi) is 3.61. The van der Waals surface area contributed by atoms with E-state index >= 15 is 0 Å². The average molecular weight is 250 g/mol. The number of nitrogens with zero attached hydrogens (tertiary/aromatic N) is 3. The fourth-order valence-corrected chi connectivity index (χ4v) is 3.02. The highest BCUT2D eigenvalue weighted by Gasteiger charge is 2.26. The molecule has 2 aliphatic rings. The van der Waals surface area contributed by atoms with Crippen molar-refractivity contribution in [2.75, 3.05) is 33.2 Å². The number of aromatic nitrogens is 2. The Morgan fingerprint density at radius 1 is 1.28 bits per heavy atom. The van der Waals surface area contributed by atoms with E-state index in [1.54, 1.807) is 0 Å². The lowest BCUT2D eigenvalue weighted by atomic mass is 9.97. The van der Waals surface area contributed by atoms with Crippen LogP contribution in [0, 0.1) is 0 Å². The third-order valence-corrected chi connectivity index (χ3v) is 4.09. The molecule has 100 valence electrons. The van der Waals surface area contributed by atoms with E-state index in [9.17, 15) is 0 Å². The van der Waals surface area contributed by atoms with Gasteiger partial charge in [-0.25, -0.2) is 0 Å². The minimum atomic E-state index is 0.418. The molecule has 0 radical (unpaired) electrons. The Morgan fingerprint density at radius 2 is 2.17 bits per heavy atom. The highest BCUT2D eigenvalue weighted by Crippen LogP contribution is 2.27. The van der Waals surface area contributed by atoms with Crippen molar-refractivity contribution in [2.24, 2.45) is 0 Å². The first-order valence-electron chi connectivity index (χ1n) is 7.05. The summed E-state index contributed by atoms with van der Waals surface area (Å²) in [6.45, 7) is 4.34. The van der Waals surface area contributed by atoms with Gasteiger partial charge in [-0.15, -0.1) is 0 Å². The van der Waals surface area contributed by atoms with E-state index in [1.165, 1.54) is 32.2 Å². The van der Waals surface area contributed by atoms with Gasteiger partial charge in [0.1, 0.15) is 0 Å². The molecule has 1 aromatic heterocycles. The second-order valence-electron chi connectivity index (χ2n) is 5.64. The summed E-state index contributed by atoms with van der Waals surface area (Å²) in [7, 11) is 2.16. The van der Waals surface area contributed by atoms with Gasteiger partial charge in [-0.3, -0.25) is 0 Å². The topological polar surface area (TPSA) is 54.2 Å². The number of likely N-dealkylation sites (N-methyl/N-ethyl adjacent to an activating group) is 1. The molecule has 0 aliphatic carbocycles. The van der Waals surface area contributed by atoms with Gasteiger partial charge in [0.05, 0.1) is 5.92 Å². The van der Waals surface area contributed by atoms with Crippen molar-refractivity contribution in [3.8, 4) is 0 Å². The molecule has 2 unspecified atom stereocenters. The summed E-state index contributed by atoms with van der Waals surface area (Å²) < 4.78 is 5.47. The lowest BCUT2D eigenvalue weighted by molar-refractivity contribution is 0.242. The van der Waals surface area contributed by atoms with Gasteiger partial charge < -0.3 is 14.7 Å². The zero-order valence-corrected chi connectivity index (χ0v) is 11.1. The normalized spacial score (nSPS) is 30.5. The van der Waals surface area contributed by atoms with Crippen LogP contribution in [0.25, 0.3) is 0 Å². The standard InChI is InChI=1S/C13H22N4O/c1-17-7-3-5-11(9-17)12-15-13(18-16-12)10-4-2-6-14-8-10/h10-11,14H,2-9H2,1H3. The zero-order chi connectivity index (χ0) is 12.4. The number of hydrogen-bond acceptors (Lipinski definition) is 5. The predicted molar refractivity (Wildman–Crippen MR) is 68.6 cm³/mol. The molecule has 2 aliphatic heterocycles. The van der Waals surface area contributed by atoms with Crippen LogP contribution in [0.4, 0.5) is 0 Å². The highest BCUT2D eigenvalue weighted by molar-refractivity contribution is 5.02. The molecule has 5 nitrogen and oxygen atoms in total. The lowest BCUT2D eigenvalue weighted by Crippen LogP contribution is -2.31. The minimum Gasteiger partial charge on any atom is -0.339 e. The zero-order valence-electron chi connectivity index (χ0n) is 11.1. The van der Waals surface area contributed by atoms with E-state index in [4.69, 9.17) is 4.52 Å². The van der Waals surface area contributed by atoms with Crippen LogP contribution in [0.15, 0.2) is 4.52 Å². The minimum absolute atomic E-state index is 0.418. The molecule has 0 bridgehead atoms. The quantitative estimate of drug-likeness (QED) is 0.858. The van der Waals surface area contributed by atoms with Crippen LogP contribution in [-0.4, -0.2) is 48.3 Å². The largest absolute Gasteiger partial charge is 0.339 e. The molecule has 2 saturated heterocycles. The van der Waals surface area contributed by atoms with Gasteiger partial charge >= 0.3 is 0 Å². The van der Waals surface area contributed by atoms with Crippen molar-refractivity contribution in [3.05, 3.63) is 11.7 Å². The fraction of sp³-hybridized carbons (Fsp3) is 0.846. The Morgan fingerprint density at radius 3 is 2.94 bits per heavy atom. The molecule has 0 aromatic carbocycles. The van der Waals surface area contributed by atoms with Gasteiger partial charge in [-0.1, -0.05) is 5.16 Å². The van der Waals surface area contributed by atoms with Crippen LogP contribution in [0.2, 0.25) is 0 Å². The monoisotopic (exact) mass is 250 g/mol. The van der Waals surface area contributed by atoms with E-state index < -0.39 is 0 Å². The predicted octanol–water partition coefficient (Wildman–Crippen LogP) is 1.35. The maximum atomic E-state index is 5.47. The molecular formula is C13H22N4O. The first-order valence-corrected chi connectivity index (χ1v) is 7.05. The van der Waals surface area contributed by atoms with Crippen molar-refractivity contribution in [1.29, 1.82) is 0 Å². The fourth-order valence-electron chi connectivity index (χ4n) is 3.02. The molecule has 0 spiro atoms. The Hall–Kier alpha value is -0.940. The van der Waals surface area contributed by atoms with E-state index in [1.807, 2.05) is 0 Å². The van der Waals surface area contributed by atoms with E-state index in [-0.39, 0.29) is 0 Å². The Labute approximate surface area is 108 Å². The molecule has 2 fully saturated rings. The molecule has 2 atom stereocenters. The van der Waals surface area contributed by atoms with Gasteiger partial charge in [0.2, 0.25) is 5.89 Å². The molecule has 3 rings (SSSR count). The van der Waals surface area contributed by atoms with Gasteiger partial charge in [0.25, 0.3) is 0 Å². The van der Waals surface area contributed by atoms with Gasteiger partial charge in [-0.05, 0) is 45.8 Å². The lowest BCUT2D eigenvalue weighted by Gasteiger charge is -2.27.